The van der Waals surface area contributed by atoms with Gasteiger partial charge in [0.25, 0.3) is 5.91 Å². The fourth-order valence-electron chi connectivity index (χ4n) is 3.17. The number of ketones is 1. The van der Waals surface area contributed by atoms with Gasteiger partial charge in [0.15, 0.2) is 12.4 Å². The molecule has 2 aromatic carbocycles. The van der Waals surface area contributed by atoms with Crippen LogP contribution in [-0.4, -0.2) is 61.3 Å². The van der Waals surface area contributed by atoms with Crippen LogP contribution in [0.25, 0.3) is 6.08 Å². The molecule has 1 fully saturated rings. The number of amides is 1. The Balaban J connectivity index is 1.57. The van der Waals surface area contributed by atoms with E-state index in [1.807, 2.05) is 7.05 Å². The smallest absolute Gasteiger partial charge is 0.416 e. The highest BCUT2D eigenvalue weighted by molar-refractivity contribution is 6.06. The molecule has 1 aliphatic rings. The van der Waals surface area contributed by atoms with Crippen molar-refractivity contribution in [1.82, 2.24) is 9.80 Å². The number of halogens is 3. The van der Waals surface area contributed by atoms with Gasteiger partial charge in [0.1, 0.15) is 5.75 Å². The van der Waals surface area contributed by atoms with Crippen LogP contribution in [0.5, 0.6) is 5.75 Å². The van der Waals surface area contributed by atoms with Crippen molar-refractivity contribution >= 4 is 17.8 Å². The Morgan fingerprint density at radius 2 is 1.65 bits per heavy atom. The van der Waals surface area contributed by atoms with Crippen LogP contribution in [0, 0.1) is 0 Å². The maximum absolute atomic E-state index is 13.0. The maximum Gasteiger partial charge on any atom is 0.416 e. The molecule has 164 valence electrons. The predicted molar refractivity (Wildman–Crippen MR) is 111 cm³/mol. The lowest BCUT2D eigenvalue weighted by molar-refractivity contribution is -0.137. The number of rotatable bonds is 6. The van der Waals surface area contributed by atoms with Gasteiger partial charge < -0.3 is 14.5 Å². The van der Waals surface area contributed by atoms with E-state index in [9.17, 15) is 22.8 Å². The molecule has 0 unspecified atom stereocenters. The first-order chi connectivity index (χ1) is 14.7. The number of allylic oxidation sites excluding steroid dienone is 1. The Kier molecular flexibility index (Phi) is 7.12. The van der Waals surface area contributed by atoms with Crippen molar-refractivity contribution < 1.29 is 27.5 Å². The van der Waals surface area contributed by atoms with Crippen molar-refractivity contribution in [1.29, 1.82) is 0 Å². The molecule has 0 radical (unpaired) electrons. The van der Waals surface area contributed by atoms with Gasteiger partial charge in [0, 0.05) is 31.7 Å². The number of likely N-dealkylation sites (N-methyl/N-ethyl adjacent to an activating group) is 1. The number of carbonyl (C=O) groups excluding carboxylic acids is 2. The molecule has 1 heterocycles. The van der Waals surface area contributed by atoms with E-state index in [4.69, 9.17) is 4.74 Å². The van der Waals surface area contributed by atoms with Crippen molar-refractivity contribution in [2.45, 2.75) is 6.18 Å². The van der Waals surface area contributed by atoms with E-state index in [-0.39, 0.29) is 18.1 Å². The van der Waals surface area contributed by atoms with Crippen molar-refractivity contribution in [3.05, 3.63) is 71.3 Å². The minimum atomic E-state index is -4.50. The third-order valence-electron chi connectivity index (χ3n) is 5.04. The third kappa shape index (κ3) is 6.18. The average molecular weight is 432 g/mol. The summed E-state index contributed by atoms with van der Waals surface area (Å²) in [6.07, 6.45) is -2.23. The lowest BCUT2D eigenvalue weighted by Crippen LogP contribution is -2.48. The molecule has 0 saturated carbocycles. The monoisotopic (exact) mass is 432 g/mol. The van der Waals surface area contributed by atoms with E-state index < -0.39 is 17.5 Å². The van der Waals surface area contributed by atoms with E-state index in [1.165, 1.54) is 30.3 Å². The van der Waals surface area contributed by atoms with Gasteiger partial charge in [-0.05, 0) is 49.0 Å². The Hall–Kier alpha value is -3.13. The molecular formula is C23H23F3N2O3. The maximum atomic E-state index is 13.0. The van der Waals surface area contributed by atoms with Gasteiger partial charge in [-0.3, -0.25) is 9.59 Å². The van der Waals surface area contributed by atoms with Crippen molar-refractivity contribution in [2.75, 3.05) is 39.8 Å². The summed E-state index contributed by atoms with van der Waals surface area (Å²) in [6.45, 7) is 2.88. The number of carbonyl (C=O) groups is 2. The number of benzene rings is 2. The summed E-state index contributed by atoms with van der Waals surface area (Å²) in [5.41, 5.74) is -0.572. The fourth-order valence-corrected chi connectivity index (χ4v) is 3.17. The van der Waals surface area contributed by atoms with E-state index in [1.54, 1.807) is 17.0 Å². The molecule has 0 aliphatic carbocycles. The number of piperazine rings is 1. The van der Waals surface area contributed by atoms with Gasteiger partial charge in [-0.15, -0.1) is 0 Å². The quantitative estimate of drug-likeness (QED) is 0.515. The second-order valence-corrected chi connectivity index (χ2v) is 7.28. The van der Waals surface area contributed by atoms with E-state index in [0.29, 0.717) is 24.4 Å². The molecule has 0 bridgehead atoms. The van der Waals surface area contributed by atoms with Crippen LogP contribution in [0.3, 0.4) is 0 Å². The average Bonchev–Trinajstić information content (AvgIpc) is 2.76. The van der Waals surface area contributed by atoms with Crippen LogP contribution in [0.15, 0.2) is 54.6 Å². The normalized spacial score (nSPS) is 15.3. The lowest BCUT2D eigenvalue weighted by atomic mass is 10.0. The van der Waals surface area contributed by atoms with Crippen LogP contribution in [0.1, 0.15) is 21.5 Å². The zero-order valence-electron chi connectivity index (χ0n) is 17.1. The van der Waals surface area contributed by atoms with Crippen LogP contribution < -0.4 is 4.74 Å². The number of nitrogens with zero attached hydrogens (tertiary/aromatic N) is 2. The Labute approximate surface area is 178 Å². The molecule has 0 N–H and O–H groups in total. The summed E-state index contributed by atoms with van der Waals surface area (Å²) in [5.74, 6) is -0.0954. The molecular weight excluding hydrogens is 409 g/mol. The molecule has 0 aromatic heterocycles. The molecule has 31 heavy (non-hydrogen) atoms. The molecule has 2 aromatic rings. The zero-order chi connectivity index (χ0) is 22.4. The summed E-state index contributed by atoms with van der Waals surface area (Å²) >= 11 is 0. The number of hydrogen-bond donors (Lipinski definition) is 0. The molecule has 8 heteroatoms. The highest BCUT2D eigenvalue weighted by Gasteiger charge is 2.32. The fraction of sp³-hybridized carbons (Fsp3) is 0.304. The zero-order valence-corrected chi connectivity index (χ0v) is 17.1. The number of alkyl halides is 3. The van der Waals surface area contributed by atoms with Crippen molar-refractivity contribution in [2.24, 2.45) is 0 Å². The van der Waals surface area contributed by atoms with Gasteiger partial charge in [-0.2, -0.15) is 13.2 Å². The first-order valence-electron chi connectivity index (χ1n) is 9.82. The second kappa shape index (κ2) is 9.78. The lowest BCUT2D eigenvalue weighted by Gasteiger charge is -2.32. The molecule has 1 amide bonds. The molecule has 0 spiro atoms. The van der Waals surface area contributed by atoms with Crippen LogP contribution in [-0.2, 0) is 11.0 Å². The first kappa shape index (κ1) is 22.6. The third-order valence-corrected chi connectivity index (χ3v) is 5.04. The summed E-state index contributed by atoms with van der Waals surface area (Å²) in [7, 11) is 2.01. The highest BCUT2D eigenvalue weighted by Crippen LogP contribution is 2.32. The second-order valence-electron chi connectivity index (χ2n) is 7.28. The van der Waals surface area contributed by atoms with Crippen LogP contribution in [0.2, 0.25) is 0 Å². The molecule has 0 atom stereocenters. The minimum Gasteiger partial charge on any atom is -0.484 e. The van der Waals surface area contributed by atoms with Crippen LogP contribution >= 0.6 is 0 Å². The molecule has 5 nitrogen and oxygen atoms in total. The SMILES string of the molecule is CN1CCN(C(=O)COc2ccc(C(=O)/C=C/c3ccccc3C(F)(F)F)cc2)CC1. The summed E-state index contributed by atoms with van der Waals surface area (Å²) in [5, 5.41) is 0. The van der Waals surface area contributed by atoms with E-state index >= 15 is 0 Å². The van der Waals surface area contributed by atoms with E-state index in [2.05, 4.69) is 4.90 Å². The Morgan fingerprint density at radius 3 is 2.29 bits per heavy atom. The minimum absolute atomic E-state index is 0.0780. The summed E-state index contributed by atoms with van der Waals surface area (Å²) in [4.78, 5) is 28.4. The summed E-state index contributed by atoms with van der Waals surface area (Å²) in [6, 6.07) is 11.2. The van der Waals surface area contributed by atoms with Crippen molar-refractivity contribution in [3.63, 3.8) is 0 Å². The molecule has 1 saturated heterocycles. The van der Waals surface area contributed by atoms with Gasteiger partial charge in [-0.1, -0.05) is 24.3 Å². The van der Waals surface area contributed by atoms with Gasteiger partial charge >= 0.3 is 6.18 Å². The topological polar surface area (TPSA) is 49.9 Å². The Morgan fingerprint density at radius 1 is 1.00 bits per heavy atom. The predicted octanol–water partition coefficient (Wildman–Crippen LogP) is 3.75. The summed E-state index contributed by atoms with van der Waals surface area (Å²) < 4.78 is 44.6. The highest BCUT2D eigenvalue weighted by atomic mass is 19.4. The van der Waals surface area contributed by atoms with Crippen LogP contribution in [0.4, 0.5) is 13.2 Å². The standard InChI is InChI=1S/C23H23F3N2O3/c1-27-12-14-28(15-13-27)22(30)16-31-19-9-6-18(7-10-19)21(29)11-8-17-4-2-3-5-20(17)23(24,25)26/h2-11H,12-16H2,1H3/b11-8+. The van der Waals surface area contributed by atoms with Gasteiger partial charge in [0.2, 0.25) is 0 Å². The molecule has 3 rings (SSSR count). The Bertz CT molecular complexity index is 947. The molecule has 1 aliphatic heterocycles. The first-order valence-corrected chi connectivity index (χ1v) is 9.82. The van der Waals surface area contributed by atoms with Gasteiger partial charge in [0.05, 0.1) is 5.56 Å². The van der Waals surface area contributed by atoms with Crippen molar-refractivity contribution in [3.8, 4) is 5.75 Å². The van der Waals surface area contributed by atoms with E-state index in [0.717, 1.165) is 31.3 Å². The van der Waals surface area contributed by atoms with Gasteiger partial charge in [-0.25, -0.2) is 0 Å². The number of hydrogen-bond acceptors (Lipinski definition) is 4. The number of ether oxygens (including phenoxy) is 1. The largest absolute Gasteiger partial charge is 0.484 e.